The Morgan fingerprint density at radius 1 is 1.03 bits per heavy atom. The van der Waals surface area contributed by atoms with Crippen LogP contribution in [-0.4, -0.2) is 54.5 Å². The molecule has 0 saturated carbocycles. The number of nitrogens with two attached hydrogens (primary N) is 1. The quantitative estimate of drug-likeness (QED) is 0.460. The molecule has 2 N–H and O–H groups in total. The van der Waals surface area contributed by atoms with Crippen molar-refractivity contribution < 1.29 is 14.3 Å². The average Bonchev–Trinajstić information content (AvgIpc) is 3.38. The molecular formula is C27H28N4O3. The maximum absolute atomic E-state index is 12.8. The molecular weight excluding hydrogens is 428 g/mol. The lowest BCUT2D eigenvalue weighted by Crippen LogP contribution is -2.36. The maximum atomic E-state index is 12.8. The number of carbonyl (C=O) groups is 2. The Bertz CT molecular complexity index is 1230. The SMILES string of the molecule is NC(=O)N1CCCC1c1ccc(C(=O)C=Cc2cc(N3CCOCC3)c3ccccc3n2)cc1. The molecule has 7 nitrogen and oxygen atoms in total. The van der Waals surface area contributed by atoms with Crippen LogP contribution in [0, 0.1) is 0 Å². The number of para-hydroxylation sites is 1. The summed E-state index contributed by atoms with van der Waals surface area (Å²) in [4.78, 5) is 33.2. The molecule has 3 heterocycles. The Labute approximate surface area is 198 Å². The lowest BCUT2D eigenvalue weighted by atomic mass is 10.0. The number of urea groups is 1. The molecule has 0 radical (unpaired) electrons. The lowest BCUT2D eigenvalue weighted by Gasteiger charge is -2.30. The minimum Gasteiger partial charge on any atom is -0.378 e. The number of carbonyl (C=O) groups excluding carboxylic acids is 2. The van der Waals surface area contributed by atoms with Crippen LogP contribution in [0.4, 0.5) is 10.5 Å². The number of likely N-dealkylation sites (tertiary alicyclic amines) is 1. The monoisotopic (exact) mass is 456 g/mol. The molecule has 3 aromatic rings. The molecule has 2 aliphatic heterocycles. The van der Waals surface area contributed by atoms with Gasteiger partial charge < -0.3 is 20.3 Å². The van der Waals surface area contributed by atoms with Crippen LogP contribution in [0.15, 0.2) is 60.7 Å². The predicted octanol–water partition coefficient (Wildman–Crippen LogP) is 4.18. The van der Waals surface area contributed by atoms with Gasteiger partial charge in [-0.1, -0.05) is 42.5 Å². The number of benzene rings is 2. The van der Waals surface area contributed by atoms with E-state index in [1.807, 2.05) is 48.5 Å². The van der Waals surface area contributed by atoms with Gasteiger partial charge in [0.05, 0.1) is 30.5 Å². The number of allylic oxidation sites excluding steroid dienone is 1. The normalized spacial score (nSPS) is 18.6. The molecule has 2 aliphatic rings. The second-order valence-corrected chi connectivity index (χ2v) is 8.69. The predicted molar refractivity (Wildman–Crippen MR) is 133 cm³/mol. The molecule has 5 rings (SSSR count). The van der Waals surface area contributed by atoms with Crippen molar-refractivity contribution in [1.29, 1.82) is 0 Å². The van der Waals surface area contributed by atoms with E-state index in [2.05, 4.69) is 11.0 Å². The fourth-order valence-electron chi connectivity index (χ4n) is 4.83. The number of fused-ring (bicyclic) bond motifs is 1. The molecule has 2 amide bonds. The molecule has 174 valence electrons. The van der Waals surface area contributed by atoms with Crippen LogP contribution >= 0.6 is 0 Å². The van der Waals surface area contributed by atoms with Gasteiger partial charge in [-0.3, -0.25) is 4.79 Å². The zero-order valence-electron chi connectivity index (χ0n) is 19.0. The van der Waals surface area contributed by atoms with Crippen LogP contribution in [0.1, 0.15) is 40.5 Å². The van der Waals surface area contributed by atoms with Crippen molar-refractivity contribution in [2.45, 2.75) is 18.9 Å². The summed E-state index contributed by atoms with van der Waals surface area (Å²) in [5.74, 6) is -0.0902. The van der Waals surface area contributed by atoms with E-state index < -0.39 is 6.03 Å². The molecule has 1 unspecified atom stereocenters. The number of hydrogen-bond acceptors (Lipinski definition) is 5. The number of pyridine rings is 1. The van der Waals surface area contributed by atoms with Crippen molar-refractivity contribution in [2.24, 2.45) is 5.73 Å². The number of nitrogens with zero attached hydrogens (tertiary/aromatic N) is 3. The van der Waals surface area contributed by atoms with E-state index in [1.54, 1.807) is 17.1 Å². The molecule has 2 aromatic carbocycles. The average molecular weight is 457 g/mol. The van der Waals surface area contributed by atoms with E-state index >= 15 is 0 Å². The van der Waals surface area contributed by atoms with Crippen molar-refractivity contribution >= 4 is 34.5 Å². The summed E-state index contributed by atoms with van der Waals surface area (Å²) in [6.45, 7) is 3.74. The highest BCUT2D eigenvalue weighted by atomic mass is 16.5. The van der Waals surface area contributed by atoms with Gasteiger partial charge in [-0.15, -0.1) is 0 Å². The smallest absolute Gasteiger partial charge is 0.315 e. The second kappa shape index (κ2) is 9.65. The number of aromatic nitrogens is 1. The highest BCUT2D eigenvalue weighted by Crippen LogP contribution is 2.32. The maximum Gasteiger partial charge on any atom is 0.315 e. The number of primary amides is 1. The first-order chi connectivity index (χ1) is 16.6. The molecule has 0 spiro atoms. The molecule has 1 aromatic heterocycles. The Morgan fingerprint density at radius 2 is 1.79 bits per heavy atom. The van der Waals surface area contributed by atoms with Gasteiger partial charge in [0.2, 0.25) is 0 Å². The minimum absolute atomic E-state index is 0.0161. The standard InChI is InChI=1S/C27H28N4O3/c28-27(33)31-13-3-6-24(31)19-7-9-20(10-8-19)26(32)12-11-21-18-25(30-14-16-34-17-15-30)22-4-1-2-5-23(22)29-21/h1-2,4-5,7-12,18,24H,3,6,13-17H2,(H2,28,33). The van der Waals surface area contributed by atoms with Crippen molar-refractivity contribution in [3.63, 3.8) is 0 Å². The van der Waals surface area contributed by atoms with E-state index in [9.17, 15) is 9.59 Å². The van der Waals surface area contributed by atoms with Crippen LogP contribution in [0.3, 0.4) is 0 Å². The fourth-order valence-corrected chi connectivity index (χ4v) is 4.83. The van der Waals surface area contributed by atoms with Gasteiger partial charge >= 0.3 is 6.03 Å². The number of rotatable bonds is 5. The number of hydrogen-bond donors (Lipinski definition) is 1. The van der Waals surface area contributed by atoms with Crippen LogP contribution in [-0.2, 0) is 4.74 Å². The third kappa shape index (κ3) is 4.52. The third-order valence-electron chi connectivity index (χ3n) is 6.59. The fraction of sp³-hybridized carbons (Fsp3) is 0.296. The Morgan fingerprint density at radius 3 is 2.56 bits per heavy atom. The molecule has 0 aliphatic carbocycles. The summed E-state index contributed by atoms with van der Waals surface area (Å²) in [6.07, 6.45) is 5.16. The van der Waals surface area contributed by atoms with Gasteiger partial charge in [0.1, 0.15) is 0 Å². The summed E-state index contributed by atoms with van der Waals surface area (Å²) in [7, 11) is 0. The second-order valence-electron chi connectivity index (χ2n) is 8.69. The van der Waals surface area contributed by atoms with Crippen molar-refractivity contribution in [3.8, 4) is 0 Å². The summed E-state index contributed by atoms with van der Waals surface area (Å²) < 4.78 is 5.51. The Kier molecular flexibility index (Phi) is 6.27. The highest BCUT2D eigenvalue weighted by Gasteiger charge is 2.28. The van der Waals surface area contributed by atoms with Crippen molar-refractivity contribution in [2.75, 3.05) is 37.7 Å². The summed E-state index contributed by atoms with van der Waals surface area (Å²) in [5.41, 5.74) is 9.86. The van der Waals surface area contributed by atoms with Crippen LogP contribution in [0.5, 0.6) is 0 Å². The van der Waals surface area contributed by atoms with Gasteiger partial charge in [0.15, 0.2) is 5.78 Å². The van der Waals surface area contributed by atoms with Gasteiger partial charge in [-0.25, -0.2) is 9.78 Å². The Balaban J connectivity index is 1.36. The van der Waals surface area contributed by atoms with Crippen LogP contribution in [0.25, 0.3) is 17.0 Å². The zero-order chi connectivity index (χ0) is 23.5. The first kappa shape index (κ1) is 22.1. The summed E-state index contributed by atoms with van der Waals surface area (Å²) in [5, 5.41) is 1.10. The zero-order valence-corrected chi connectivity index (χ0v) is 19.0. The Hall–Kier alpha value is -3.71. The minimum atomic E-state index is -0.398. The highest BCUT2D eigenvalue weighted by molar-refractivity contribution is 6.07. The van der Waals surface area contributed by atoms with Crippen LogP contribution in [0.2, 0.25) is 0 Å². The number of amides is 2. The largest absolute Gasteiger partial charge is 0.378 e. The molecule has 1 atom stereocenters. The first-order valence-corrected chi connectivity index (χ1v) is 11.7. The number of morpholine rings is 1. The van der Waals surface area contributed by atoms with Crippen molar-refractivity contribution in [1.82, 2.24) is 9.88 Å². The van der Waals surface area contributed by atoms with E-state index in [4.69, 9.17) is 15.5 Å². The van der Waals surface area contributed by atoms with E-state index in [1.165, 1.54) is 0 Å². The number of anilines is 1. The van der Waals surface area contributed by atoms with Crippen LogP contribution < -0.4 is 10.6 Å². The lowest BCUT2D eigenvalue weighted by molar-refractivity contribution is 0.104. The number of ketones is 1. The van der Waals surface area contributed by atoms with E-state index in [-0.39, 0.29) is 11.8 Å². The molecule has 34 heavy (non-hydrogen) atoms. The van der Waals surface area contributed by atoms with Gasteiger partial charge in [-0.05, 0) is 42.7 Å². The number of ether oxygens (including phenoxy) is 1. The van der Waals surface area contributed by atoms with E-state index in [0.29, 0.717) is 25.3 Å². The van der Waals surface area contributed by atoms with E-state index in [0.717, 1.165) is 53.8 Å². The topological polar surface area (TPSA) is 88.8 Å². The molecule has 7 heteroatoms. The molecule has 0 bridgehead atoms. The molecule has 2 fully saturated rings. The van der Waals surface area contributed by atoms with Gasteiger partial charge in [0.25, 0.3) is 0 Å². The first-order valence-electron chi connectivity index (χ1n) is 11.7. The summed E-state index contributed by atoms with van der Waals surface area (Å²) in [6, 6.07) is 17.1. The molecule has 2 saturated heterocycles. The van der Waals surface area contributed by atoms with Gasteiger partial charge in [0, 0.05) is 36.3 Å². The van der Waals surface area contributed by atoms with Gasteiger partial charge in [-0.2, -0.15) is 0 Å². The summed E-state index contributed by atoms with van der Waals surface area (Å²) >= 11 is 0. The third-order valence-corrected chi connectivity index (χ3v) is 6.59. The van der Waals surface area contributed by atoms with Crippen molar-refractivity contribution in [3.05, 3.63) is 77.5 Å².